The number of hydrogen-bond acceptors (Lipinski definition) is 0. The van der Waals surface area contributed by atoms with E-state index in [1.165, 1.54) is 21.8 Å². The molecule has 1 heterocycles. The molecule has 3 aromatic rings. The number of rotatable bonds is 1. The third kappa shape index (κ3) is 2.62. The van der Waals surface area contributed by atoms with Gasteiger partial charge in [0.1, 0.15) is 8.96 Å². The first-order valence-corrected chi connectivity index (χ1v) is 11.0. The van der Waals surface area contributed by atoms with Crippen molar-refractivity contribution in [3.8, 4) is 0 Å². The molecule has 0 saturated carbocycles. The first kappa shape index (κ1) is 15.3. The normalized spacial score (nSPS) is 14.0. The summed E-state index contributed by atoms with van der Waals surface area (Å²) in [6, 6.07) is 13.3. The Morgan fingerprint density at radius 1 is 0.857 bits per heavy atom. The van der Waals surface area contributed by atoms with Crippen molar-refractivity contribution in [1.29, 1.82) is 0 Å². The Morgan fingerprint density at radius 2 is 1.29 bits per heavy atom. The lowest BCUT2D eigenvalue weighted by atomic mass is 10.2. The highest BCUT2D eigenvalue weighted by Crippen LogP contribution is 2.37. The average Bonchev–Trinajstić information content (AvgIpc) is 2.70. The van der Waals surface area contributed by atoms with E-state index in [-0.39, 0.29) is 0 Å². The van der Waals surface area contributed by atoms with Crippen LogP contribution in [-0.2, 0) is 0 Å². The SMILES string of the molecule is C[SiH](n1c2ccc(Br)cc2c2cc(Br)ccc21)C(C)(C)C. The molecule has 3 rings (SSSR count). The van der Waals surface area contributed by atoms with E-state index in [0.717, 1.165) is 8.95 Å². The van der Waals surface area contributed by atoms with E-state index in [1.807, 2.05) is 0 Å². The summed E-state index contributed by atoms with van der Waals surface area (Å²) < 4.78 is 4.89. The topological polar surface area (TPSA) is 4.93 Å². The van der Waals surface area contributed by atoms with Gasteiger partial charge in [0.25, 0.3) is 0 Å². The number of benzene rings is 2. The van der Waals surface area contributed by atoms with E-state index in [9.17, 15) is 0 Å². The lowest BCUT2D eigenvalue weighted by molar-refractivity contribution is 0.727. The highest BCUT2D eigenvalue weighted by molar-refractivity contribution is 9.10. The van der Waals surface area contributed by atoms with Crippen LogP contribution in [-0.4, -0.2) is 13.2 Å². The van der Waals surface area contributed by atoms with Crippen molar-refractivity contribution < 1.29 is 0 Å². The second-order valence-corrected chi connectivity index (χ2v) is 12.2. The molecule has 0 spiro atoms. The summed E-state index contributed by atoms with van der Waals surface area (Å²) in [6.45, 7) is 9.53. The van der Waals surface area contributed by atoms with Gasteiger partial charge in [0.15, 0.2) is 0 Å². The van der Waals surface area contributed by atoms with Gasteiger partial charge in [-0.25, -0.2) is 0 Å². The molecule has 0 aliphatic heterocycles. The predicted octanol–water partition coefficient (Wildman–Crippen LogP) is 6.32. The Bertz CT molecular complexity index is 771. The Labute approximate surface area is 144 Å². The number of halogens is 2. The second kappa shape index (κ2) is 5.25. The zero-order chi connectivity index (χ0) is 15.4. The summed E-state index contributed by atoms with van der Waals surface area (Å²) in [5.41, 5.74) is 2.72. The zero-order valence-corrected chi connectivity index (χ0v) is 17.1. The Hall–Kier alpha value is -0.583. The molecule has 0 bridgehead atoms. The smallest absolute Gasteiger partial charge is 0.148 e. The summed E-state index contributed by atoms with van der Waals surface area (Å²) in [5, 5.41) is 3.02. The third-order valence-corrected chi connectivity index (χ3v) is 9.19. The van der Waals surface area contributed by atoms with Gasteiger partial charge >= 0.3 is 0 Å². The Kier molecular flexibility index (Phi) is 3.83. The van der Waals surface area contributed by atoms with Gasteiger partial charge < -0.3 is 4.23 Å². The fourth-order valence-corrected chi connectivity index (χ4v) is 5.58. The fourth-order valence-electron chi connectivity index (χ4n) is 2.80. The molecule has 0 amide bonds. The van der Waals surface area contributed by atoms with E-state index in [2.05, 4.69) is 99.8 Å². The van der Waals surface area contributed by atoms with Gasteiger partial charge in [-0.15, -0.1) is 0 Å². The van der Waals surface area contributed by atoms with Gasteiger partial charge in [-0.05, 0) is 41.4 Å². The monoisotopic (exact) mass is 423 g/mol. The summed E-state index contributed by atoms with van der Waals surface area (Å²) in [7, 11) is -1.15. The van der Waals surface area contributed by atoms with Crippen molar-refractivity contribution in [2.45, 2.75) is 32.4 Å². The lowest BCUT2D eigenvalue weighted by Crippen LogP contribution is -2.30. The molecule has 2 aromatic carbocycles. The molecule has 1 atom stereocenters. The van der Waals surface area contributed by atoms with Crippen molar-refractivity contribution in [1.82, 2.24) is 4.23 Å². The van der Waals surface area contributed by atoms with Crippen molar-refractivity contribution in [3.63, 3.8) is 0 Å². The van der Waals surface area contributed by atoms with Crippen molar-refractivity contribution in [2.75, 3.05) is 0 Å². The van der Waals surface area contributed by atoms with Crippen LogP contribution >= 0.6 is 31.9 Å². The molecule has 0 N–H and O–H groups in total. The van der Waals surface area contributed by atoms with E-state index in [1.54, 1.807) is 0 Å². The Balaban J connectivity index is 2.46. The first-order valence-electron chi connectivity index (χ1n) is 7.18. The van der Waals surface area contributed by atoms with Crippen LogP contribution in [0.5, 0.6) is 0 Å². The fraction of sp³-hybridized carbons (Fsp3) is 0.294. The quantitative estimate of drug-likeness (QED) is 0.402. The third-order valence-electron chi connectivity index (χ3n) is 4.37. The largest absolute Gasteiger partial charge is 0.370 e. The first-order chi connectivity index (χ1) is 9.79. The van der Waals surface area contributed by atoms with Crippen LogP contribution in [0.2, 0.25) is 11.6 Å². The molecule has 0 radical (unpaired) electrons. The molecular formula is C17H19Br2NSi. The van der Waals surface area contributed by atoms with Gasteiger partial charge in [-0.1, -0.05) is 59.2 Å². The number of hydrogen-bond donors (Lipinski definition) is 0. The van der Waals surface area contributed by atoms with Crippen molar-refractivity contribution in [3.05, 3.63) is 45.3 Å². The molecule has 1 aromatic heterocycles. The van der Waals surface area contributed by atoms with Crippen molar-refractivity contribution >= 4 is 62.6 Å². The van der Waals surface area contributed by atoms with Gasteiger partial charge in [0, 0.05) is 30.8 Å². The minimum atomic E-state index is -1.15. The molecule has 0 aliphatic carbocycles. The van der Waals surface area contributed by atoms with E-state index >= 15 is 0 Å². The molecule has 1 unspecified atom stereocenters. The summed E-state index contributed by atoms with van der Waals surface area (Å²) in [5.74, 6) is 0. The van der Waals surface area contributed by atoms with Crippen LogP contribution in [0, 0.1) is 0 Å². The standard InChI is InChI=1S/C17H19Br2NSi/c1-17(2,3)21(4)20-15-7-5-11(18)9-13(15)14-10-12(19)6-8-16(14)20/h5-10,21H,1-4H3. The van der Waals surface area contributed by atoms with Crippen LogP contribution in [0.4, 0.5) is 0 Å². The Morgan fingerprint density at radius 3 is 1.67 bits per heavy atom. The van der Waals surface area contributed by atoms with Gasteiger partial charge in [0.05, 0.1) is 0 Å². The molecule has 4 heteroatoms. The molecule has 110 valence electrons. The van der Waals surface area contributed by atoms with Crippen LogP contribution in [0.15, 0.2) is 45.3 Å². The van der Waals surface area contributed by atoms with Crippen LogP contribution in [0.3, 0.4) is 0 Å². The van der Waals surface area contributed by atoms with Gasteiger partial charge in [-0.3, -0.25) is 0 Å². The van der Waals surface area contributed by atoms with Crippen LogP contribution in [0.1, 0.15) is 20.8 Å². The van der Waals surface area contributed by atoms with E-state index in [4.69, 9.17) is 0 Å². The molecule has 21 heavy (non-hydrogen) atoms. The van der Waals surface area contributed by atoms with E-state index in [0.29, 0.717) is 5.04 Å². The molecule has 1 nitrogen and oxygen atoms in total. The lowest BCUT2D eigenvalue weighted by Gasteiger charge is -2.28. The minimum absolute atomic E-state index is 0.346. The van der Waals surface area contributed by atoms with Crippen LogP contribution < -0.4 is 0 Å². The number of aromatic nitrogens is 1. The highest BCUT2D eigenvalue weighted by Gasteiger charge is 2.27. The maximum Gasteiger partial charge on any atom is 0.148 e. The second-order valence-electron chi connectivity index (χ2n) is 6.73. The van der Waals surface area contributed by atoms with Gasteiger partial charge in [-0.2, -0.15) is 0 Å². The average molecular weight is 425 g/mol. The number of fused-ring (bicyclic) bond motifs is 3. The van der Waals surface area contributed by atoms with Crippen molar-refractivity contribution in [2.24, 2.45) is 0 Å². The molecule has 0 saturated heterocycles. The number of nitrogens with zero attached hydrogens (tertiary/aromatic N) is 1. The highest BCUT2D eigenvalue weighted by atomic mass is 79.9. The van der Waals surface area contributed by atoms with Crippen LogP contribution in [0.25, 0.3) is 21.8 Å². The molecule has 0 fully saturated rings. The minimum Gasteiger partial charge on any atom is -0.370 e. The van der Waals surface area contributed by atoms with E-state index < -0.39 is 8.96 Å². The van der Waals surface area contributed by atoms with Gasteiger partial charge in [0.2, 0.25) is 0 Å². The summed E-state index contributed by atoms with van der Waals surface area (Å²) in [6.07, 6.45) is 0. The molecule has 0 aliphatic rings. The molecular weight excluding hydrogens is 406 g/mol. The summed E-state index contributed by atoms with van der Waals surface area (Å²) >= 11 is 7.23. The maximum absolute atomic E-state index is 3.61. The summed E-state index contributed by atoms with van der Waals surface area (Å²) in [4.78, 5) is 0. The zero-order valence-electron chi connectivity index (χ0n) is 12.7. The maximum atomic E-state index is 3.61. The predicted molar refractivity (Wildman–Crippen MR) is 103 cm³/mol.